The average Bonchev–Trinajstić information content (AvgIpc) is 3.23. The quantitative estimate of drug-likeness (QED) is 0.495. The first-order valence-electron chi connectivity index (χ1n) is 10.8. The van der Waals surface area contributed by atoms with Crippen molar-refractivity contribution in [3.05, 3.63) is 47.0 Å². The molecule has 0 radical (unpaired) electrons. The fourth-order valence-corrected chi connectivity index (χ4v) is 5.57. The molecule has 1 N–H and O–H groups in total. The number of halogens is 4. The van der Waals surface area contributed by atoms with Crippen LogP contribution >= 0.6 is 11.6 Å². The van der Waals surface area contributed by atoms with E-state index in [1.54, 1.807) is 24.3 Å². The highest BCUT2D eigenvalue weighted by molar-refractivity contribution is 7.91. The van der Waals surface area contributed by atoms with E-state index in [1.165, 1.54) is 24.5 Å². The smallest absolute Gasteiger partial charge is 0.422 e. The van der Waals surface area contributed by atoms with Crippen molar-refractivity contribution < 1.29 is 35.9 Å². The zero-order valence-corrected chi connectivity index (χ0v) is 20.8. The Labute approximate surface area is 209 Å². The van der Waals surface area contributed by atoms with Gasteiger partial charge in [0.25, 0.3) is 11.8 Å². The second-order valence-electron chi connectivity index (χ2n) is 8.77. The molecule has 0 saturated carbocycles. The van der Waals surface area contributed by atoms with Gasteiger partial charge in [-0.25, -0.2) is 18.4 Å². The van der Waals surface area contributed by atoms with Crippen molar-refractivity contribution in [3.8, 4) is 17.4 Å². The summed E-state index contributed by atoms with van der Waals surface area (Å²) in [5.41, 5.74) is 0.365. The molecular formula is C22H22ClF3N4O5S. The Morgan fingerprint density at radius 3 is 2.61 bits per heavy atom. The molecule has 1 amide bonds. The number of carbonyl (C=O) groups excluding carboxylic acids is 1. The van der Waals surface area contributed by atoms with E-state index in [1.807, 2.05) is 0 Å². The van der Waals surface area contributed by atoms with Crippen LogP contribution in [-0.4, -0.2) is 58.5 Å². The van der Waals surface area contributed by atoms with Crippen LogP contribution in [0.5, 0.6) is 17.4 Å². The van der Waals surface area contributed by atoms with E-state index in [-0.39, 0.29) is 39.6 Å². The van der Waals surface area contributed by atoms with Gasteiger partial charge < -0.3 is 14.8 Å². The Bertz CT molecular complexity index is 1410. The van der Waals surface area contributed by atoms with Crippen LogP contribution in [0.2, 0.25) is 5.02 Å². The summed E-state index contributed by atoms with van der Waals surface area (Å²) in [5, 5.41) is 2.95. The molecule has 0 aliphatic carbocycles. The first-order valence-corrected chi connectivity index (χ1v) is 13.0. The second kappa shape index (κ2) is 9.43. The standard InChI is InChI=1S/C22H22ClF3N4O5S/c1-13-16(35-20-17(9-14(23)10-27-20)34-12-22(24,25)26)3-4-18-28-15(11-30(13)18)19(31)29-21(2)5-7-36(32,33)8-6-21/h3-4,9-11H,5-8,12H2,1-2H3,(H,29,31). The summed E-state index contributed by atoms with van der Waals surface area (Å²) in [6, 6.07) is 4.27. The van der Waals surface area contributed by atoms with Crippen molar-refractivity contribution in [2.75, 3.05) is 18.1 Å². The van der Waals surface area contributed by atoms with E-state index < -0.39 is 34.1 Å². The predicted molar refractivity (Wildman–Crippen MR) is 125 cm³/mol. The minimum atomic E-state index is -4.56. The Kier molecular flexibility index (Phi) is 6.82. The Morgan fingerprint density at radius 2 is 1.94 bits per heavy atom. The predicted octanol–water partition coefficient (Wildman–Crippen LogP) is 4.12. The molecule has 0 atom stereocenters. The maximum atomic E-state index is 12.9. The number of nitrogens with zero attached hydrogens (tertiary/aromatic N) is 3. The van der Waals surface area contributed by atoms with Gasteiger partial charge >= 0.3 is 6.18 Å². The molecule has 0 unspecified atom stereocenters. The van der Waals surface area contributed by atoms with Gasteiger partial charge in [-0.15, -0.1) is 0 Å². The number of alkyl halides is 3. The summed E-state index contributed by atoms with van der Waals surface area (Å²) < 4.78 is 73.4. The third kappa shape index (κ3) is 6.01. The molecular weight excluding hydrogens is 525 g/mol. The van der Waals surface area contributed by atoms with Crippen molar-refractivity contribution in [1.29, 1.82) is 0 Å². The SMILES string of the molecule is Cc1c(Oc2ncc(Cl)cc2OCC(F)(F)F)ccc2nc(C(=O)NC3(C)CCS(=O)(=O)CC3)cn12. The number of hydrogen-bond donors (Lipinski definition) is 1. The van der Waals surface area contributed by atoms with E-state index in [2.05, 4.69) is 15.3 Å². The molecule has 9 nitrogen and oxygen atoms in total. The molecule has 4 heterocycles. The molecule has 194 valence electrons. The second-order valence-corrected chi connectivity index (χ2v) is 11.5. The topological polar surface area (TPSA) is 112 Å². The minimum Gasteiger partial charge on any atom is -0.478 e. The third-order valence-electron chi connectivity index (χ3n) is 5.80. The number of pyridine rings is 2. The summed E-state index contributed by atoms with van der Waals surface area (Å²) >= 11 is 5.85. The zero-order valence-electron chi connectivity index (χ0n) is 19.2. The highest BCUT2D eigenvalue weighted by atomic mass is 35.5. The molecule has 0 spiro atoms. The third-order valence-corrected chi connectivity index (χ3v) is 7.65. The van der Waals surface area contributed by atoms with Crippen LogP contribution in [0.4, 0.5) is 13.2 Å². The van der Waals surface area contributed by atoms with Crippen molar-refractivity contribution in [2.24, 2.45) is 0 Å². The van der Waals surface area contributed by atoms with Crippen molar-refractivity contribution in [2.45, 2.75) is 38.4 Å². The summed E-state index contributed by atoms with van der Waals surface area (Å²) in [4.78, 5) is 21.1. The molecule has 3 aromatic heterocycles. The molecule has 14 heteroatoms. The highest BCUT2D eigenvalue weighted by Gasteiger charge is 2.35. The highest BCUT2D eigenvalue weighted by Crippen LogP contribution is 2.34. The number of rotatable bonds is 6. The van der Waals surface area contributed by atoms with Crippen LogP contribution in [0.25, 0.3) is 5.65 Å². The van der Waals surface area contributed by atoms with Crippen LogP contribution in [0.1, 0.15) is 35.9 Å². The zero-order chi connectivity index (χ0) is 26.3. The average molecular weight is 547 g/mol. The molecule has 1 aliphatic rings. The maximum absolute atomic E-state index is 12.9. The molecule has 4 rings (SSSR count). The van der Waals surface area contributed by atoms with Crippen molar-refractivity contribution in [3.63, 3.8) is 0 Å². The normalized spacial score (nSPS) is 17.1. The summed E-state index contributed by atoms with van der Waals surface area (Å²) in [6.07, 6.45) is -1.25. The van der Waals surface area contributed by atoms with Crippen LogP contribution in [0, 0.1) is 6.92 Å². The van der Waals surface area contributed by atoms with Gasteiger partial charge in [0, 0.05) is 24.0 Å². The lowest BCUT2D eigenvalue weighted by Gasteiger charge is -2.34. The van der Waals surface area contributed by atoms with Gasteiger partial charge in [-0.2, -0.15) is 13.2 Å². The Hall–Kier alpha value is -3.06. The molecule has 36 heavy (non-hydrogen) atoms. The number of carbonyl (C=O) groups is 1. The maximum Gasteiger partial charge on any atom is 0.422 e. The lowest BCUT2D eigenvalue weighted by molar-refractivity contribution is -0.153. The van der Waals surface area contributed by atoms with E-state index in [0.717, 1.165) is 0 Å². The van der Waals surface area contributed by atoms with Gasteiger partial charge in [-0.05, 0) is 38.8 Å². The van der Waals surface area contributed by atoms with Crippen molar-refractivity contribution in [1.82, 2.24) is 19.7 Å². The van der Waals surface area contributed by atoms with Crippen molar-refractivity contribution >= 4 is 33.0 Å². The fourth-order valence-electron chi connectivity index (χ4n) is 3.69. The lowest BCUT2D eigenvalue weighted by atomic mass is 9.95. The van der Waals surface area contributed by atoms with Gasteiger partial charge in [0.2, 0.25) is 0 Å². The number of fused-ring (bicyclic) bond motifs is 1. The van der Waals surface area contributed by atoms with Crippen LogP contribution in [0.3, 0.4) is 0 Å². The first kappa shape index (κ1) is 26.0. The van der Waals surface area contributed by atoms with Crippen LogP contribution in [-0.2, 0) is 9.84 Å². The molecule has 0 aromatic carbocycles. The molecule has 1 aliphatic heterocycles. The van der Waals surface area contributed by atoms with E-state index in [9.17, 15) is 26.4 Å². The van der Waals surface area contributed by atoms with Gasteiger partial charge in [0.15, 0.2) is 12.4 Å². The van der Waals surface area contributed by atoms with Crippen LogP contribution < -0.4 is 14.8 Å². The monoisotopic (exact) mass is 546 g/mol. The number of sulfone groups is 1. The number of aryl methyl sites for hydroxylation is 1. The Balaban J connectivity index is 1.55. The molecule has 0 bridgehead atoms. The number of aromatic nitrogens is 3. The molecule has 1 saturated heterocycles. The van der Waals surface area contributed by atoms with E-state index in [0.29, 0.717) is 24.2 Å². The lowest BCUT2D eigenvalue weighted by Crippen LogP contribution is -2.51. The number of nitrogens with one attached hydrogen (secondary N) is 1. The number of imidazole rings is 1. The summed E-state index contributed by atoms with van der Waals surface area (Å²) in [5.74, 6) is -0.714. The number of hydrogen-bond acceptors (Lipinski definition) is 7. The minimum absolute atomic E-state index is 0.00214. The fraction of sp³-hybridized carbons (Fsp3) is 0.409. The summed E-state index contributed by atoms with van der Waals surface area (Å²) in [7, 11) is -3.09. The number of amides is 1. The first-order chi connectivity index (χ1) is 16.7. The van der Waals surface area contributed by atoms with Crippen LogP contribution in [0.15, 0.2) is 30.6 Å². The molecule has 1 fully saturated rings. The van der Waals surface area contributed by atoms with E-state index >= 15 is 0 Å². The largest absolute Gasteiger partial charge is 0.478 e. The Morgan fingerprint density at radius 1 is 1.25 bits per heavy atom. The van der Waals surface area contributed by atoms with Gasteiger partial charge in [0.05, 0.1) is 22.2 Å². The van der Waals surface area contributed by atoms with Gasteiger partial charge in [-0.3, -0.25) is 9.20 Å². The number of ether oxygens (including phenoxy) is 2. The van der Waals surface area contributed by atoms with E-state index in [4.69, 9.17) is 21.1 Å². The van der Waals surface area contributed by atoms with Gasteiger partial charge in [-0.1, -0.05) is 11.6 Å². The molecule has 3 aromatic rings. The summed E-state index contributed by atoms with van der Waals surface area (Å²) in [6.45, 7) is 1.92. The van der Waals surface area contributed by atoms with Gasteiger partial charge in [0.1, 0.15) is 26.9 Å².